The summed E-state index contributed by atoms with van der Waals surface area (Å²) in [5.74, 6) is -0.718. The predicted octanol–water partition coefficient (Wildman–Crippen LogP) is 4.87. The van der Waals surface area contributed by atoms with Crippen LogP contribution in [0.1, 0.15) is 25.7 Å². The zero-order valence-corrected chi connectivity index (χ0v) is 14.2. The number of halogens is 1. The highest BCUT2D eigenvalue weighted by Crippen LogP contribution is 2.30. The second-order valence-corrected chi connectivity index (χ2v) is 5.65. The molecular weight excluding hydrogens is 324 g/mol. The van der Waals surface area contributed by atoms with E-state index < -0.39 is 5.97 Å². The number of rotatable bonds is 7. The third-order valence-corrected chi connectivity index (χ3v) is 3.96. The summed E-state index contributed by atoms with van der Waals surface area (Å²) in [5.41, 5.74) is 3.09. The first-order chi connectivity index (χ1) is 11.3. The van der Waals surface area contributed by atoms with E-state index in [0.717, 1.165) is 53.3 Å². The number of hydrogen-bond acceptors (Lipinski definition) is 3. The number of anilines is 1. The maximum Gasteiger partial charge on any atom is 0.303 e. The lowest BCUT2D eigenvalue weighted by Gasteiger charge is -2.13. The number of carboxylic acids is 1. The van der Waals surface area contributed by atoms with Crippen LogP contribution >= 0.6 is 12.4 Å². The highest BCUT2D eigenvalue weighted by atomic mass is 35.5. The van der Waals surface area contributed by atoms with Crippen molar-refractivity contribution < 1.29 is 9.90 Å². The summed E-state index contributed by atoms with van der Waals surface area (Å²) in [5, 5.41) is 14.4. The predicted molar refractivity (Wildman–Crippen MR) is 101 cm³/mol. The van der Waals surface area contributed by atoms with E-state index in [1.165, 1.54) is 0 Å². The molecule has 126 valence electrons. The molecule has 0 fully saturated rings. The summed E-state index contributed by atoms with van der Waals surface area (Å²) in [6.45, 7) is 0.831. The largest absolute Gasteiger partial charge is 0.481 e. The van der Waals surface area contributed by atoms with Crippen molar-refractivity contribution in [2.75, 3.05) is 11.9 Å². The minimum absolute atomic E-state index is 0. The van der Waals surface area contributed by atoms with Gasteiger partial charge >= 0.3 is 5.97 Å². The van der Waals surface area contributed by atoms with Crippen molar-refractivity contribution in [3.63, 3.8) is 0 Å². The molecule has 2 N–H and O–H groups in total. The van der Waals surface area contributed by atoms with Crippen molar-refractivity contribution in [1.29, 1.82) is 0 Å². The van der Waals surface area contributed by atoms with Crippen LogP contribution in [0, 0.1) is 0 Å². The smallest absolute Gasteiger partial charge is 0.303 e. The Bertz CT molecular complexity index is 782. The number of unbranched alkanes of at least 4 members (excludes halogenated alkanes) is 2. The average Bonchev–Trinajstić information content (AvgIpc) is 2.56. The van der Waals surface area contributed by atoms with Crippen LogP contribution in [0.5, 0.6) is 0 Å². The number of aromatic nitrogens is 1. The Kier molecular flexibility index (Phi) is 6.38. The number of fused-ring (bicyclic) bond motifs is 2. The van der Waals surface area contributed by atoms with Crippen molar-refractivity contribution >= 4 is 45.9 Å². The van der Waals surface area contributed by atoms with Gasteiger partial charge in [0.1, 0.15) is 0 Å². The molecule has 3 aromatic rings. The molecule has 0 saturated carbocycles. The van der Waals surface area contributed by atoms with Gasteiger partial charge in [-0.3, -0.25) is 4.79 Å². The maximum absolute atomic E-state index is 10.5. The van der Waals surface area contributed by atoms with Gasteiger partial charge in [0.15, 0.2) is 0 Å². The molecule has 0 aliphatic rings. The normalized spacial score (nSPS) is 10.5. The number of aliphatic carboxylic acids is 1. The van der Waals surface area contributed by atoms with Crippen molar-refractivity contribution in [3.8, 4) is 0 Å². The van der Waals surface area contributed by atoms with Crippen molar-refractivity contribution in [1.82, 2.24) is 4.98 Å². The number of hydrogen-bond donors (Lipinski definition) is 2. The molecular formula is C19H21ClN2O2. The number of nitrogens with one attached hydrogen (secondary N) is 1. The van der Waals surface area contributed by atoms with E-state index in [-0.39, 0.29) is 18.8 Å². The summed E-state index contributed by atoms with van der Waals surface area (Å²) in [4.78, 5) is 15.2. The number of pyridine rings is 1. The van der Waals surface area contributed by atoms with Crippen molar-refractivity contribution in [3.05, 3.63) is 48.5 Å². The van der Waals surface area contributed by atoms with Gasteiger partial charge in [-0.15, -0.1) is 12.4 Å². The molecule has 0 saturated heterocycles. The second-order valence-electron chi connectivity index (χ2n) is 5.65. The molecule has 1 heterocycles. The molecule has 0 aliphatic carbocycles. The zero-order valence-electron chi connectivity index (χ0n) is 13.4. The van der Waals surface area contributed by atoms with Crippen LogP contribution in [-0.2, 0) is 4.79 Å². The lowest BCUT2D eigenvalue weighted by molar-refractivity contribution is -0.137. The van der Waals surface area contributed by atoms with E-state index in [2.05, 4.69) is 17.4 Å². The molecule has 5 heteroatoms. The average molecular weight is 345 g/mol. The van der Waals surface area contributed by atoms with Gasteiger partial charge in [-0.2, -0.15) is 0 Å². The van der Waals surface area contributed by atoms with Crippen LogP contribution < -0.4 is 5.32 Å². The minimum Gasteiger partial charge on any atom is -0.481 e. The SMILES string of the molecule is Cl.O=C(O)CCCCCNc1c2ccccc2nc2ccccc12. The van der Waals surface area contributed by atoms with Crippen LogP contribution in [0.15, 0.2) is 48.5 Å². The number of carboxylic acid groups (broad SMARTS) is 1. The monoisotopic (exact) mass is 344 g/mol. The highest BCUT2D eigenvalue weighted by molar-refractivity contribution is 6.07. The Morgan fingerprint density at radius 2 is 1.50 bits per heavy atom. The summed E-state index contributed by atoms with van der Waals surface area (Å²) in [6.07, 6.45) is 2.86. The fraction of sp³-hybridized carbons (Fsp3) is 0.263. The van der Waals surface area contributed by atoms with Gasteiger partial charge in [-0.25, -0.2) is 4.98 Å². The van der Waals surface area contributed by atoms with E-state index in [1.54, 1.807) is 0 Å². The van der Waals surface area contributed by atoms with Crippen LogP contribution in [0.3, 0.4) is 0 Å². The number of nitrogens with zero attached hydrogens (tertiary/aromatic N) is 1. The summed E-state index contributed by atoms with van der Waals surface area (Å²) < 4.78 is 0. The van der Waals surface area contributed by atoms with E-state index in [9.17, 15) is 4.79 Å². The van der Waals surface area contributed by atoms with Gasteiger partial charge < -0.3 is 10.4 Å². The molecule has 0 spiro atoms. The zero-order chi connectivity index (χ0) is 16.1. The standard InChI is InChI=1S/C19H20N2O2.ClH/c22-18(23)12-2-1-7-13-20-19-14-8-3-5-10-16(14)21-17-11-6-4-9-15(17)19;/h3-6,8-11H,1-2,7,12-13H2,(H,20,21)(H,22,23);1H. The molecule has 4 nitrogen and oxygen atoms in total. The van der Waals surface area contributed by atoms with Crippen molar-refractivity contribution in [2.24, 2.45) is 0 Å². The van der Waals surface area contributed by atoms with E-state index in [1.807, 2.05) is 36.4 Å². The Balaban J connectivity index is 0.00000208. The fourth-order valence-corrected chi connectivity index (χ4v) is 2.82. The molecule has 0 unspecified atom stereocenters. The molecule has 0 amide bonds. The lowest BCUT2D eigenvalue weighted by atomic mass is 10.1. The van der Waals surface area contributed by atoms with Crippen LogP contribution in [0.2, 0.25) is 0 Å². The molecule has 0 radical (unpaired) electrons. The molecule has 24 heavy (non-hydrogen) atoms. The van der Waals surface area contributed by atoms with Gasteiger partial charge in [0.25, 0.3) is 0 Å². The molecule has 0 bridgehead atoms. The third kappa shape index (κ3) is 4.15. The number of benzene rings is 2. The first-order valence-corrected chi connectivity index (χ1v) is 7.99. The molecule has 1 aromatic heterocycles. The van der Waals surface area contributed by atoms with Gasteiger partial charge in [0.2, 0.25) is 0 Å². The molecule has 0 atom stereocenters. The van der Waals surface area contributed by atoms with Crippen molar-refractivity contribution in [2.45, 2.75) is 25.7 Å². The Hall–Kier alpha value is -2.33. The summed E-state index contributed by atoms with van der Waals surface area (Å²) in [6, 6.07) is 16.3. The van der Waals surface area contributed by atoms with Gasteiger partial charge in [-0.05, 0) is 25.0 Å². The Morgan fingerprint density at radius 1 is 0.917 bits per heavy atom. The maximum atomic E-state index is 10.5. The summed E-state index contributed by atoms with van der Waals surface area (Å²) in [7, 11) is 0. The third-order valence-electron chi connectivity index (χ3n) is 3.96. The number of carbonyl (C=O) groups is 1. The van der Waals surface area contributed by atoms with Gasteiger partial charge in [0, 0.05) is 23.7 Å². The molecule has 0 aliphatic heterocycles. The van der Waals surface area contributed by atoms with E-state index >= 15 is 0 Å². The first-order valence-electron chi connectivity index (χ1n) is 7.99. The topological polar surface area (TPSA) is 62.2 Å². The van der Waals surface area contributed by atoms with Gasteiger partial charge in [0.05, 0.1) is 16.7 Å². The molecule has 3 rings (SSSR count). The van der Waals surface area contributed by atoms with E-state index in [4.69, 9.17) is 10.1 Å². The van der Waals surface area contributed by atoms with Gasteiger partial charge in [-0.1, -0.05) is 42.8 Å². The van der Waals surface area contributed by atoms with E-state index in [0.29, 0.717) is 0 Å². The Morgan fingerprint density at radius 3 is 2.08 bits per heavy atom. The highest BCUT2D eigenvalue weighted by Gasteiger charge is 2.07. The first kappa shape index (κ1) is 18.0. The lowest BCUT2D eigenvalue weighted by Crippen LogP contribution is -2.04. The minimum atomic E-state index is -0.718. The Labute approximate surface area is 147 Å². The second kappa shape index (κ2) is 8.50. The fourth-order valence-electron chi connectivity index (χ4n) is 2.82. The van der Waals surface area contributed by atoms with Crippen LogP contribution in [-0.4, -0.2) is 22.6 Å². The number of para-hydroxylation sites is 2. The molecule has 2 aromatic carbocycles. The van der Waals surface area contributed by atoms with Crippen LogP contribution in [0.4, 0.5) is 5.69 Å². The quantitative estimate of drug-likeness (QED) is 0.474. The van der Waals surface area contributed by atoms with Crippen LogP contribution in [0.25, 0.3) is 21.8 Å². The summed E-state index contributed by atoms with van der Waals surface area (Å²) >= 11 is 0.